The monoisotopic (exact) mass is 475 g/mol. The molecule has 0 fully saturated rings. The Labute approximate surface area is 196 Å². The number of halogens is 1. The molecule has 0 bridgehead atoms. The van der Waals surface area contributed by atoms with Gasteiger partial charge in [-0.15, -0.1) is 11.8 Å². The van der Waals surface area contributed by atoms with Gasteiger partial charge in [-0.25, -0.2) is 4.79 Å². The zero-order valence-electron chi connectivity index (χ0n) is 18.4. The van der Waals surface area contributed by atoms with Crippen molar-refractivity contribution in [1.29, 1.82) is 0 Å². The van der Waals surface area contributed by atoms with Crippen LogP contribution in [0.15, 0.2) is 47.4 Å². The maximum atomic E-state index is 12.6. The average molecular weight is 476 g/mol. The number of hydrogen-bond acceptors (Lipinski definition) is 5. The highest BCUT2D eigenvalue weighted by Gasteiger charge is 2.29. The predicted octanol–water partition coefficient (Wildman–Crippen LogP) is 5.15. The van der Waals surface area contributed by atoms with E-state index in [2.05, 4.69) is 10.6 Å². The smallest absolute Gasteiger partial charge is 0.410 e. The van der Waals surface area contributed by atoms with Gasteiger partial charge in [0.15, 0.2) is 0 Å². The zero-order valence-corrected chi connectivity index (χ0v) is 20.0. The molecule has 3 amide bonds. The van der Waals surface area contributed by atoms with Crippen molar-refractivity contribution in [2.75, 3.05) is 17.7 Å². The second-order valence-electron chi connectivity index (χ2n) is 8.53. The van der Waals surface area contributed by atoms with E-state index >= 15 is 0 Å². The van der Waals surface area contributed by atoms with Gasteiger partial charge < -0.3 is 20.3 Å². The van der Waals surface area contributed by atoms with Crippen molar-refractivity contribution in [3.05, 3.63) is 53.1 Å². The number of ether oxygens (including phenoxy) is 1. The van der Waals surface area contributed by atoms with Crippen LogP contribution in [0.25, 0.3) is 0 Å². The fourth-order valence-electron chi connectivity index (χ4n) is 3.06. The van der Waals surface area contributed by atoms with Gasteiger partial charge in [0.25, 0.3) is 0 Å². The molecule has 1 atom stereocenters. The molecule has 0 radical (unpaired) electrons. The third kappa shape index (κ3) is 6.64. The van der Waals surface area contributed by atoms with Crippen molar-refractivity contribution in [3.63, 3.8) is 0 Å². The van der Waals surface area contributed by atoms with E-state index < -0.39 is 16.9 Å². The van der Waals surface area contributed by atoms with Gasteiger partial charge in [-0.05, 0) is 56.7 Å². The Morgan fingerprint density at radius 3 is 2.69 bits per heavy atom. The Morgan fingerprint density at radius 1 is 1.22 bits per heavy atom. The number of carbonyl (C=O) groups excluding carboxylic acids is 3. The Balaban J connectivity index is 1.58. The fraction of sp³-hybridized carbons (Fsp3) is 0.348. The second kappa shape index (κ2) is 9.83. The topological polar surface area (TPSA) is 87.7 Å². The van der Waals surface area contributed by atoms with E-state index in [-0.39, 0.29) is 18.2 Å². The molecular weight excluding hydrogens is 450 g/mol. The minimum Gasteiger partial charge on any atom is -0.444 e. The maximum absolute atomic E-state index is 12.6. The van der Waals surface area contributed by atoms with Gasteiger partial charge in [0.05, 0.1) is 10.9 Å². The SMILES string of the molecule is CN(Cc1cccc(NC(=O)CC2Sc3ccc(Cl)cc3NC2=O)c1)C(=O)OC(C)(C)C. The van der Waals surface area contributed by atoms with Gasteiger partial charge in [0.1, 0.15) is 5.60 Å². The molecule has 0 spiro atoms. The maximum Gasteiger partial charge on any atom is 0.410 e. The molecule has 9 heteroatoms. The number of anilines is 2. The highest BCUT2D eigenvalue weighted by atomic mass is 35.5. The van der Waals surface area contributed by atoms with Crippen molar-refractivity contribution < 1.29 is 19.1 Å². The van der Waals surface area contributed by atoms with Crippen LogP contribution in [0, 0.1) is 0 Å². The number of rotatable bonds is 5. The first kappa shape index (κ1) is 23.9. The van der Waals surface area contributed by atoms with Gasteiger partial charge in [0, 0.05) is 35.6 Å². The summed E-state index contributed by atoms with van der Waals surface area (Å²) in [6.07, 6.45) is -0.394. The molecule has 170 valence electrons. The summed E-state index contributed by atoms with van der Waals surface area (Å²) in [6.45, 7) is 5.77. The molecule has 2 aromatic carbocycles. The molecule has 1 unspecified atom stereocenters. The van der Waals surface area contributed by atoms with Gasteiger partial charge in [-0.3, -0.25) is 9.59 Å². The van der Waals surface area contributed by atoms with E-state index in [1.165, 1.54) is 16.7 Å². The standard InChI is InChI=1S/C23H26ClN3O4S/c1-23(2,3)31-22(30)27(4)13-14-6-5-7-16(10-14)25-20(28)12-19-21(29)26-17-11-15(24)8-9-18(17)32-19/h5-11,19H,12-13H2,1-4H3,(H,25,28)(H,26,29). The second-order valence-corrected chi connectivity index (χ2v) is 10.2. The van der Waals surface area contributed by atoms with Gasteiger partial charge in [-0.1, -0.05) is 23.7 Å². The minimum atomic E-state index is -0.572. The number of nitrogens with zero attached hydrogens (tertiary/aromatic N) is 1. The molecule has 3 rings (SSSR count). The number of fused-ring (bicyclic) bond motifs is 1. The number of thioether (sulfide) groups is 1. The van der Waals surface area contributed by atoms with Crippen LogP contribution in [0.2, 0.25) is 5.02 Å². The Morgan fingerprint density at radius 2 is 1.97 bits per heavy atom. The Kier molecular flexibility index (Phi) is 7.36. The minimum absolute atomic E-state index is 0.0284. The van der Waals surface area contributed by atoms with Crippen LogP contribution in [0.3, 0.4) is 0 Å². The number of nitrogens with one attached hydrogen (secondary N) is 2. The summed E-state index contributed by atoms with van der Waals surface area (Å²) in [4.78, 5) is 39.5. The van der Waals surface area contributed by atoms with Crippen LogP contribution in [-0.4, -0.2) is 40.7 Å². The Hall–Kier alpha value is -2.71. The summed E-state index contributed by atoms with van der Waals surface area (Å²) < 4.78 is 5.36. The van der Waals surface area contributed by atoms with Crippen LogP contribution >= 0.6 is 23.4 Å². The lowest BCUT2D eigenvalue weighted by Crippen LogP contribution is -2.33. The molecule has 2 N–H and O–H groups in total. The lowest BCUT2D eigenvalue weighted by atomic mass is 10.1. The Bertz CT molecular complexity index is 1040. The number of amides is 3. The average Bonchev–Trinajstić information content (AvgIpc) is 2.67. The molecule has 0 saturated heterocycles. The third-order valence-corrected chi connectivity index (χ3v) is 5.98. The molecule has 1 aliphatic rings. The lowest BCUT2D eigenvalue weighted by Gasteiger charge is -2.25. The van der Waals surface area contributed by atoms with Crippen LogP contribution in [0.5, 0.6) is 0 Å². The highest BCUT2D eigenvalue weighted by molar-refractivity contribution is 8.01. The first-order valence-electron chi connectivity index (χ1n) is 10.1. The first-order valence-corrected chi connectivity index (χ1v) is 11.4. The normalized spacial score (nSPS) is 15.4. The summed E-state index contributed by atoms with van der Waals surface area (Å²) >= 11 is 7.31. The summed E-state index contributed by atoms with van der Waals surface area (Å²) in [5, 5.41) is 5.64. The number of benzene rings is 2. The third-order valence-electron chi connectivity index (χ3n) is 4.47. The van der Waals surface area contributed by atoms with E-state index in [0.717, 1.165) is 10.5 Å². The van der Waals surface area contributed by atoms with E-state index in [0.29, 0.717) is 22.9 Å². The molecule has 0 saturated carbocycles. The molecule has 1 aliphatic heterocycles. The van der Waals surface area contributed by atoms with Crippen molar-refractivity contribution in [2.45, 2.75) is 49.5 Å². The largest absolute Gasteiger partial charge is 0.444 e. The summed E-state index contributed by atoms with van der Waals surface area (Å²) in [5.74, 6) is -0.500. The molecule has 0 aliphatic carbocycles. The van der Waals surface area contributed by atoms with E-state index in [1.807, 2.05) is 32.9 Å². The summed E-state index contributed by atoms with van der Waals surface area (Å²) in [5.41, 5.74) is 1.52. The van der Waals surface area contributed by atoms with Gasteiger partial charge in [0.2, 0.25) is 11.8 Å². The molecular formula is C23H26ClN3O4S. The van der Waals surface area contributed by atoms with Crippen molar-refractivity contribution in [1.82, 2.24) is 4.90 Å². The predicted molar refractivity (Wildman–Crippen MR) is 127 cm³/mol. The van der Waals surface area contributed by atoms with Crippen molar-refractivity contribution in [2.24, 2.45) is 0 Å². The quantitative estimate of drug-likeness (QED) is 0.624. The number of carbonyl (C=O) groups is 3. The van der Waals surface area contributed by atoms with Crippen LogP contribution in [0.1, 0.15) is 32.8 Å². The molecule has 32 heavy (non-hydrogen) atoms. The van der Waals surface area contributed by atoms with Gasteiger partial charge in [-0.2, -0.15) is 0 Å². The lowest BCUT2D eigenvalue weighted by molar-refractivity contribution is -0.120. The van der Waals surface area contributed by atoms with E-state index in [4.69, 9.17) is 16.3 Å². The molecule has 0 aromatic heterocycles. The van der Waals surface area contributed by atoms with Crippen LogP contribution < -0.4 is 10.6 Å². The fourth-order valence-corrected chi connectivity index (χ4v) is 4.33. The summed E-state index contributed by atoms with van der Waals surface area (Å²) in [7, 11) is 1.66. The van der Waals surface area contributed by atoms with E-state index in [9.17, 15) is 14.4 Å². The van der Waals surface area contributed by atoms with Crippen molar-refractivity contribution >= 4 is 52.6 Å². The zero-order chi connectivity index (χ0) is 23.5. The first-order chi connectivity index (χ1) is 15.0. The van der Waals surface area contributed by atoms with E-state index in [1.54, 1.807) is 37.4 Å². The number of hydrogen-bond donors (Lipinski definition) is 2. The molecule has 7 nitrogen and oxygen atoms in total. The molecule has 2 aromatic rings. The molecule has 1 heterocycles. The van der Waals surface area contributed by atoms with Gasteiger partial charge >= 0.3 is 6.09 Å². The van der Waals surface area contributed by atoms with Crippen LogP contribution in [-0.2, 0) is 20.9 Å². The van der Waals surface area contributed by atoms with Crippen molar-refractivity contribution in [3.8, 4) is 0 Å². The van der Waals surface area contributed by atoms with Crippen LogP contribution in [0.4, 0.5) is 16.2 Å². The highest BCUT2D eigenvalue weighted by Crippen LogP contribution is 2.38. The summed E-state index contributed by atoms with van der Waals surface area (Å²) in [6, 6.07) is 12.5.